The number of nitrogens with one attached hydrogen (secondary N) is 2. The number of para-hydroxylation sites is 1. The molecular formula is C18H29N3O3S. The molecule has 6 nitrogen and oxygen atoms in total. The molecule has 7 heteroatoms. The van der Waals surface area contributed by atoms with E-state index in [4.69, 9.17) is 4.74 Å². The van der Waals surface area contributed by atoms with Crippen molar-refractivity contribution in [1.29, 1.82) is 0 Å². The standard InChI is InChI=1S/C18H29N3O3S/c1-15(22)20-7-6-19-12-16-4-2-3-5-18(16)24-14-17(23)13-21-8-10-25-11-9-21/h2-5,17,19,23H,6-14H2,1H3,(H,20,22)/t17-/m0/s1. The average molecular weight is 368 g/mol. The molecule has 1 amide bonds. The fraction of sp³-hybridized carbons (Fsp3) is 0.611. The van der Waals surface area contributed by atoms with Gasteiger partial charge < -0.3 is 20.5 Å². The van der Waals surface area contributed by atoms with E-state index >= 15 is 0 Å². The van der Waals surface area contributed by atoms with Gasteiger partial charge in [0.2, 0.25) is 5.91 Å². The number of rotatable bonds is 10. The Bertz CT molecular complexity index is 524. The van der Waals surface area contributed by atoms with Gasteiger partial charge in [-0.3, -0.25) is 9.69 Å². The first kappa shape index (κ1) is 20.0. The predicted octanol–water partition coefficient (Wildman–Crippen LogP) is 0.701. The van der Waals surface area contributed by atoms with Crippen molar-refractivity contribution in [3.05, 3.63) is 29.8 Å². The highest BCUT2D eigenvalue weighted by Gasteiger charge is 2.15. The van der Waals surface area contributed by atoms with E-state index in [0.29, 0.717) is 32.8 Å². The Morgan fingerprint density at radius 3 is 2.84 bits per heavy atom. The summed E-state index contributed by atoms with van der Waals surface area (Å²) in [5, 5.41) is 16.3. The Morgan fingerprint density at radius 1 is 1.32 bits per heavy atom. The molecule has 1 saturated heterocycles. The van der Waals surface area contributed by atoms with Crippen molar-refractivity contribution in [2.24, 2.45) is 0 Å². The van der Waals surface area contributed by atoms with Gasteiger partial charge in [-0.2, -0.15) is 11.8 Å². The first-order valence-corrected chi connectivity index (χ1v) is 9.94. The quantitative estimate of drug-likeness (QED) is 0.529. The zero-order valence-electron chi connectivity index (χ0n) is 14.9. The van der Waals surface area contributed by atoms with Crippen LogP contribution in [0.1, 0.15) is 12.5 Å². The summed E-state index contributed by atoms with van der Waals surface area (Å²) in [5.41, 5.74) is 1.05. The van der Waals surface area contributed by atoms with Crippen molar-refractivity contribution < 1.29 is 14.6 Å². The van der Waals surface area contributed by atoms with Crippen molar-refractivity contribution in [1.82, 2.24) is 15.5 Å². The Labute approximate surface area is 154 Å². The second-order valence-electron chi connectivity index (χ2n) is 6.15. The molecule has 1 heterocycles. The van der Waals surface area contributed by atoms with Crippen LogP contribution in [0.15, 0.2) is 24.3 Å². The van der Waals surface area contributed by atoms with Gasteiger partial charge in [0.1, 0.15) is 18.5 Å². The van der Waals surface area contributed by atoms with E-state index in [1.807, 2.05) is 36.0 Å². The number of nitrogens with zero attached hydrogens (tertiary/aromatic N) is 1. The molecule has 1 aromatic carbocycles. The largest absolute Gasteiger partial charge is 0.491 e. The molecule has 0 spiro atoms. The molecule has 140 valence electrons. The van der Waals surface area contributed by atoms with Crippen molar-refractivity contribution >= 4 is 17.7 Å². The third-order valence-electron chi connectivity index (χ3n) is 3.97. The van der Waals surface area contributed by atoms with Crippen LogP contribution in [0.25, 0.3) is 0 Å². The number of aliphatic hydroxyl groups is 1. The fourth-order valence-corrected chi connectivity index (χ4v) is 3.64. The van der Waals surface area contributed by atoms with Crippen LogP contribution in [0.2, 0.25) is 0 Å². The van der Waals surface area contributed by atoms with Crippen molar-refractivity contribution in [2.75, 3.05) is 50.8 Å². The molecule has 1 atom stereocenters. The first-order chi connectivity index (χ1) is 12.1. The van der Waals surface area contributed by atoms with Crippen LogP contribution in [-0.2, 0) is 11.3 Å². The topological polar surface area (TPSA) is 73.8 Å². The first-order valence-electron chi connectivity index (χ1n) is 8.79. The van der Waals surface area contributed by atoms with E-state index in [1.165, 1.54) is 6.92 Å². The highest BCUT2D eigenvalue weighted by atomic mass is 32.2. The normalized spacial score (nSPS) is 16.4. The molecule has 1 aliphatic rings. The van der Waals surface area contributed by atoms with E-state index in [0.717, 1.165) is 35.9 Å². The minimum atomic E-state index is -0.483. The summed E-state index contributed by atoms with van der Waals surface area (Å²) in [7, 11) is 0. The molecule has 1 aromatic rings. The maximum absolute atomic E-state index is 10.8. The Hall–Kier alpha value is -1.28. The molecule has 0 unspecified atom stereocenters. The summed E-state index contributed by atoms with van der Waals surface area (Å²) >= 11 is 1.97. The Morgan fingerprint density at radius 2 is 2.08 bits per heavy atom. The van der Waals surface area contributed by atoms with Gasteiger partial charge in [-0.05, 0) is 6.07 Å². The molecule has 3 N–H and O–H groups in total. The maximum Gasteiger partial charge on any atom is 0.216 e. The number of amides is 1. The Kier molecular flexibility index (Phi) is 9.10. The number of β-amino-alcohol motifs (C(OH)–C–C–N with tert-alkyl or cyclic N) is 1. The second-order valence-corrected chi connectivity index (χ2v) is 7.37. The van der Waals surface area contributed by atoms with Crippen LogP contribution < -0.4 is 15.4 Å². The second kappa shape index (κ2) is 11.4. The molecule has 25 heavy (non-hydrogen) atoms. The SMILES string of the molecule is CC(=O)NCCNCc1ccccc1OC[C@@H](O)CN1CCSCC1. The van der Waals surface area contributed by atoms with Gasteiger partial charge >= 0.3 is 0 Å². The number of aliphatic hydroxyl groups excluding tert-OH is 1. The molecule has 0 radical (unpaired) electrons. The van der Waals surface area contributed by atoms with Gasteiger partial charge in [-0.15, -0.1) is 0 Å². The number of hydrogen-bond acceptors (Lipinski definition) is 6. The molecule has 0 aromatic heterocycles. The van der Waals surface area contributed by atoms with Crippen LogP contribution in [0, 0.1) is 0 Å². The summed E-state index contributed by atoms with van der Waals surface area (Å²) in [5.74, 6) is 3.05. The maximum atomic E-state index is 10.8. The van der Waals surface area contributed by atoms with Crippen LogP contribution >= 0.6 is 11.8 Å². The van der Waals surface area contributed by atoms with Crippen LogP contribution in [0.5, 0.6) is 5.75 Å². The lowest BCUT2D eigenvalue weighted by molar-refractivity contribution is -0.118. The van der Waals surface area contributed by atoms with E-state index in [9.17, 15) is 9.90 Å². The van der Waals surface area contributed by atoms with E-state index in [2.05, 4.69) is 15.5 Å². The third-order valence-corrected chi connectivity index (χ3v) is 4.91. The highest BCUT2D eigenvalue weighted by molar-refractivity contribution is 7.99. The zero-order valence-corrected chi connectivity index (χ0v) is 15.7. The van der Waals surface area contributed by atoms with Gasteiger partial charge in [0.05, 0.1) is 0 Å². The van der Waals surface area contributed by atoms with Gasteiger partial charge in [0, 0.05) is 63.3 Å². The minimum absolute atomic E-state index is 0.0215. The number of hydrogen-bond donors (Lipinski definition) is 3. The van der Waals surface area contributed by atoms with Gasteiger partial charge in [0.15, 0.2) is 0 Å². The average Bonchev–Trinajstić information content (AvgIpc) is 2.61. The van der Waals surface area contributed by atoms with E-state index in [1.54, 1.807) is 0 Å². The molecule has 2 rings (SSSR count). The van der Waals surface area contributed by atoms with Crippen LogP contribution in [-0.4, -0.2) is 72.9 Å². The number of ether oxygens (including phenoxy) is 1. The fourth-order valence-electron chi connectivity index (χ4n) is 2.66. The summed E-state index contributed by atoms with van der Waals surface area (Å²) < 4.78 is 5.84. The Balaban J connectivity index is 1.72. The van der Waals surface area contributed by atoms with Crippen molar-refractivity contribution in [3.8, 4) is 5.75 Å². The van der Waals surface area contributed by atoms with Crippen LogP contribution in [0.4, 0.5) is 0 Å². The lowest BCUT2D eigenvalue weighted by atomic mass is 10.2. The summed E-state index contributed by atoms with van der Waals surface area (Å²) in [4.78, 5) is 13.1. The molecule has 1 aliphatic heterocycles. The summed E-state index contributed by atoms with van der Waals surface area (Å²) in [6.07, 6.45) is -0.483. The number of benzene rings is 1. The molecule has 0 aliphatic carbocycles. The summed E-state index contributed by atoms with van der Waals surface area (Å²) in [6.45, 7) is 6.51. The highest BCUT2D eigenvalue weighted by Crippen LogP contribution is 2.18. The molecule has 0 bridgehead atoms. The van der Waals surface area contributed by atoms with E-state index in [-0.39, 0.29) is 5.91 Å². The van der Waals surface area contributed by atoms with Gasteiger partial charge in [0.25, 0.3) is 0 Å². The minimum Gasteiger partial charge on any atom is -0.491 e. The zero-order chi connectivity index (χ0) is 17.9. The molecular weight excluding hydrogens is 338 g/mol. The van der Waals surface area contributed by atoms with Gasteiger partial charge in [-0.1, -0.05) is 18.2 Å². The van der Waals surface area contributed by atoms with Crippen molar-refractivity contribution in [3.63, 3.8) is 0 Å². The number of carbonyl (C=O) groups is 1. The third kappa shape index (κ3) is 8.09. The van der Waals surface area contributed by atoms with Gasteiger partial charge in [-0.25, -0.2) is 0 Å². The lowest BCUT2D eigenvalue weighted by Crippen LogP contribution is -2.40. The molecule has 1 fully saturated rings. The van der Waals surface area contributed by atoms with Crippen LogP contribution in [0.3, 0.4) is 0 Å². The smallest absolute Gasteiger partial charge is 0.216 e. The van der Waals surface area contributed by atoms with E-state index < -0.39 is 6.10 Å². The monoisotopic (exact) mass is 367 g/mol. The lowest BCUT2D eigenvalue weighted by Gasteiger charge is -2.28. The number of carbonyl (C=O) groups excluding carboxylic acids is 1. The summed E-state index contributed by atoms with van der Waals surface area (Å²) in [6, 6.07) is 7.84. The molecule has 0 saturated carbocycles. The van der Waals surface area contributed by atoms with Crippen molar-refractivity contribution in [2.45, 2.75) is 19.6 Å². The predicted molar refractivity (Wildman–Crippen MR) is 102 cm³/mol. The number of thioether (sulfide) groups is 1.